The van der Waals surface area contributed by atoms with Gasteiger partial charge in [-0.3, -0.25) is 4.99 Å². The van der Waals surface area contributed by atoms with Crippen molar-refractivity contribution in [3.8, 4) is 5.75 Å². The summed E-state index contributed by atoms with van der Waals surface area (Å²) in [6.45, 7) is 1.49. The van der Waals surface area contributed by atoms with Crippen molar-refractivity contribution in [3.05, 3.63) is 65.6 Å². The van der Waals surface area contributed by atoms with Crippen LogP contribution in [0.3, 0.4) is 0 Å². The van der Waals surface area contributed by atoms with E-state index in [4.69, 9.17) is 4.74 Å². The third kappa shape index (κ3) is 5.60. The van der Waals surface area contributed by atoms with E-state index in [2.05, 4.69) is 26.7 Å². The average Bonchev–Trinajstić information content (AvgIpc) is 3.09. The summed E-state index contributed by atoms with van der Waals surface area (Å²) in [7, 11) is 3.44. The standard InChI is InChI=1S/C21H25FN4O.HI/c1-23-21(24-11-9-15-5-3-4-6-20(15)27-2)25-12-10-16-14-26-19-13-17(22)7-8-18(16)19;/h3-8,13-14,26H,9-12H2,1-2H3,(H2,23,24,25);1H. The average molecular weight is 496 g/mol. The lowest BCUT2D eigenvalue weighted by Crippen LogP contribution is -2.39. The van der Waals surface area contributed by atoms with Gasteiger partial charge in [-0.1, -0.05) is 18.2 Å². The van der Waals surface area contributed by atoms with E-state index in [9.17, 15) is 4.39 Å². The Morgan fingerprint density at radius 3 is 2.50 bits per heavy atom. The molecule has 0 spiro atoms. The molecule has 0 radical (unpaired) electrons. The molecule has 0 aliphatic carbocycles. The van der Waals surface area contributed by atoms with E-state index >= 15 is 0 Å². The monoisotopic (exact) mass is 496 g/mol. The molecule has 0 saturated carbocycles. The van der Waals surface area contributed by atoms with Gasteiger partial charge in [0.1, 0.15) is 11.6 Å². The first-order chi connectivity index (χ1) is 13.2. The number of nitrogens with one attached hydrogen (secondary N) is 3. The fraction of sp³-hybridized carbons (Fsp3) is 0.286. The smallest absolute Gasteiger partial charge is 0.190 e. The predicted octanol–water partition coefficient (Wildman–Crippen LogP) is 3.88. The number of aromatic nitrogens is 1. The molecule has 5 nitrogen and oxygen atoms in total. The summed E-state index contributed by atoms with van der Waals surface area (Å²) in [5.41, 5.74) is 3.14. The van der Waals surface area contributed by atoms with Gasteiger partial charge in [-0.2, -0.15) is 0 Å². The Labute approximate surface area is 181 Å². The number of ether oxygens (including phenoxy) is 1. The summed E-state index contributed by atoms with van der Waals surface area (Å²) < 4.78 is 18.7. The molecule has 3 N–H and O–H groups in total. The van der Waals surface area contributed by atoms with Gasteiger partial charge in [0.25, 0.3) is 0 Å². The minimum absolute atomic E-state index is 0. The summed E-state index contributed by atoms with van der Waals surface area (Å²) in [4.78, 5) is 7.38. The molecule has 3 rings (SSSR count). The molecule has 2 aromatic carbocycles. The molecule has 28 heavy (non-hydrogen) atoms. The number of benzene rings is 2. The summed E-state index contributed by atoms with van der Waals surface area (Å²) in [5.74, 6) is 1.43. The van der Waals surface area contributed by atoms with Gasteiger partial charge in [0.15, 0.2) is 5.96 Å². The number of halogens is 2. The Hall–Kier alpha value is -2.29. The normalized spacial score (nSPS) is 11.2. The lowest BCUT2D eigenvalue weighted by molar-refractivity contribution is 0.409. The van der Waals surface area contributed by atoms with Gasteiger partial charge in [-0.05, 0) is 48.2 Å². The fourth-order valence-electron chi connectivity index (χ4n) is 3.13. The number of H-pyrrole nitrogens is 1. The van der Waals surface area contributed by atoms with E-state index in [-0.39, 0.29) is 29.8 Å². The van der Waals surface area contributed by atoms with Gasteiger partial charge in [-0.15, -0.1) is 24.0 Å². The molecule has 150 valence electrons. The number of guanidine groups is 1. The van der Waals surface area contributed by atoms with E-state index < -0.39 is 0 Å². The molecule has 3 aromatic rings. The molecule has 1 heterocycles. The number of nitrogens with zero attached hydrogens (tertiary/aromatic N) is 1. The first-order valence-electron chi connectivity index (χ1n) is 9.03. The SMILES string of the molecule is CN=C(NCCc1ccccc1OC)NCCc1c[nH]c2cc(F)ccc12.I. The van der Waals surface area contributed by atoms with Crippen LogP contribution in [0.4, 0.5) is 4.39 Å². The molecule has 7 heteroatoms. The maximum atomic E-state index is 13.3. The van der Waals surface area contributed by atoms with Gasteiger partial charge >= 0.3 is 0 Å². The molecule has 0 aliphatic rings. The second-order valence-corrected chi connectivity index (χ2v) is 6.24. The molecule has 0 bridgehead atoms. The molecule has 0 aliphatic heterocycles. The highest BCUT2D eigenvalue weighted by Crippen LogP contribution is 2.19. The van der Waals surface area contributed by atoms with E-state index in [1.807, 2.05) is 30.5 Å². The van der Waals surface area contributed by atoms with E-state index in [0.717, 1.165) is 59.7 Å². The molecular formula is C21H26FIN4O. The number of aromatic amines is 1. The molecule has 0 atom stereocenters. The van der Waals surface area contributed by atoms with Crippen molar-refractivity contribution in [2.45, 2.75) is 12.8 Å². The highest BCUT2D eigenvalue weighted by atomic mass is 127. The maximum Gasteiger partial charge on any atom is 0.190 e. The Morgan fingerprint density at radius 1 is 1.07 bits per heavy atom. The van der Waals surface area contributed by atoms with Gasteiger partial charge in [0, 0.05) is 37.2 Å². The fourth-order valence-corrected chi connectivity index (χ4v) is 3.13. The third-order valence-electron chi connectivity index (χ3n) is 4.52. The largest absolute Gasteiger partial charge is 0.496 e. The number of aliphatic imine (C=N–C) groups is 1. The Balaban J connectivity index is 0.00000280. The zero-order valence-electron chi connectivity index (χ0n) is 16.1. The summed E-state index contributed by atoms with van der Waals surface area (Å²) in [6, 6.07) is 12.8. The van der Waals surface area contributed by atoms with Crippen LogP contribution in [0.1, 0.15) is 11.1 Å². The third-order valence-corrected chi connectivity index (χ3v) is 4.52. The van der Waals surface area contributed by atoms with Gasteiger partial charge in [0.05, 0.1) is 7.11 Å². The number of fused-ring (bicyclic) bond motifs is 1. The first kappa shape index (κ1) is 22.0. The number of methoxy groups -OCH3 is 1. The molecule has 0 saturated heterocycles. The maximum absolute atomic E-state index is 13.3. The van der Waals surface area contributed by atoms with E-state index in [1.54, 1.807) is 14.2 Å². The van der Waals surface area contributed by atoms with Crippen molar-refractivity contribution in [3.63, 3.8) is 0 Å². The van der Waals surface area contributed by atoms with Crippen LogP contribution in [0.25, 0.3) is 10.9 Å². The van der Waals surface area contributed by atoms with Crippen LogP contribution in [0, 0.1) is 5.82 Å². The number of hydrogen-bond acceptors (Lipinski definition) is 2. The quantitative estimate of drug-likeness (QED) is 0.264. The van der Waals surface area contributed by atoms with Crippen molar-refractivity contribution in [1.82, 2.24) is 15.6 Å². The van der Waals surface area contributed by atoms with E-state index in [1.165, 1.54) is 12.1 Å². The lowest BCUT2D eigenvalue weighted by Gasteiger charge is -2.13. The van der Waals surface area contributed by atoms with Gasteiger partial charge < -0.3 is 20.4 Å². The molecule has 0 unspecified atom stereocenters. The lowest BCUT2D eigenvalue weighted by atomic mass is 10.1. The summed E-state index contributed by atoms with van der Waals surface area (Å²) in [5, 5.41) is 7.69. The Bertz CT molecular complexity index is 926. The van der Waals surface area contributed by atoms with Crippen molar-refractivity contribution in [2.24, 2.45) is 4.99 Å². The second-order valence-electron chi connectivity index (χ2n) is 6.24. The molecule has 0 fully saturated rings. The Kier molecular flexibility index (Phi) is 8.56. The van der Waals surface area contributed by atoms with Crippen LogP contribution < -0.4 is 15.4 Å². The minimum Gasteiger partial charge on any atom is -0.496 e. The second kappa shape index (κ2) is 10.9. The zero-order valence-corrected chi connectivity index (χ0v) is 18.4. The topological polar surface area (TPSA) is 61.4 Å². The predicted molar refractivity (Wildman–Crippen MR) is 123 cm³/mol. The van der Waals surface area contributed by atoms with Crippen LogP contribution in [0.2, 0.25) is 0 Å². The number of rotatable bonds is 7. The van der Waals surface area contributed by atoms with Crippen LogP contribution in [0.15, 0.2) is 53.7 Å². The summed E-state index contributed by atoms with van der Waals surface area (Å²) >= 11 is 0. The first-order valence-corrected chi connectivity index (χ1v) is 9.03. The number of hydrogen-bond donors (Lipinski definition) is 3. The van der Waals surface area contributed by atoms with Crippen molar-refractivity contribution < 1.29 is 9.13 Å². The Morgan fingerprint density at radius 2 is 1.79 bits per heavy atom. The van der Waals surface area contributed by atoms with Crippen LogP contribution in [-0.4, -0.2) is 38.2 Å². The minimum atomic E-state index is -0.228. The molecular weight excluding hydrogens is 470 g/mol. The highest BCUT2D eigenvalue weighted by molar-refractivity contribution is 14.0. The molecule has 1 aromatic heterocycles. The van der Waals surface area contributed by atoms with Crippen LogP contribution in [0.5, 0.6) is 5.75 Å². The van der Waals surface area contributed by atoms with Crippen LogP contribution >= 0.6 is 24.0 Å². The van der Waals surface area contributed by atoms with Crippen molar-refractivity contribution >= 4 is 40.8 Å². The molecule has 0 amide bonds. The van der Waals surface area contributed by atoms with Crippen molar-refractivity contribution in [2.75, 3.05) is 27.2 Å². The summed E-state index contributed by atoms with van der Waals surface area (Å²) in [6.07, 6.45) is 3.60. The van der Waals surface area contributed by atoms with Gasteiger partial charge in [0.2, 0.25) is 0 Å². The highest BCUT2D eigenvalue weighted by Gasteiger charge is 2.06. The van der Waals surface area contributed by atoms with E-state index in [0.29, 0.717) is 0 Å². The van der Waals surface area contributed by atoms with Crippen LogP contribution in [-0.2, 0) is 12.8 Å². The zero-order chi connectivity index (χ0) is 19.1. The van der Waals surface area contributed by atoms with Gasteiger partial charge in [-0.25, -0.2) is 4.39 Å². The van der Waals surface area contributed by atoms with Crippen molar-refractivity contribution in [1.29, 1.82) is 0 Å². The number of para-hydroxylation sites is 1.